The van der Waals surface area contributed by atoms with E-state index in [-0.39, 0.29) is 5.54 Å². The van der Waals surface area contributed by atoms with Crippen LogP contribution in [0.25, 0.3) is 0 Å². The van der Waals surface area contributed by atoms with Gasteiger partial charge in [0.1, 0.15) is 5.75 Å². The molecule has 88 valence electrons. The highest BCUT2D eigenvalue weighted by atomic mass is 16.5. The third kappa shape index (κ3) is 1.94. The van der Waals surface area contributed by atoms with Gasteiger partial charge < -0.3 is 10.5 Å². The van der Waals surface area contributed by atoms with Crippen molar-refractivity contribution in [3.05, 3.63) is 29.3 Å². The van der Waals surface area contributed by atoms with Crippen LogP contribution in [0.1, 0.15) is 43.7 Å². The van der Waals surface area contributed by atoms with Crippen LogP contribution in [0, 0.1) is 0 Å². The number of ether oxygens (including phenoxy) is 1. The Morgan fingerprint density at radius 2 is 2.25 bits per heavy atom. The number of aryl methyl sites for hydroxylation is 1. The van der Waals surface area contributed by atoms with Gasteiger partial charge in [0, 0.05) is 5.54 Å². The lowest BCUT2D eigenvalue weighted by molar-refractivity contribution is 0.385. The molecule has 0 spiro atoms. The Morgan fingerprint density at radius 3 is 2.94 bits per heavy atom. The van der Waals surface area contributed by atoms with Gasteiger partial charge in [-0.3, -0.25) is 0 Å². The lowest BCUT2D eigenvalue weighted by Crippen LogP contribution is -2.33. The van der Waals surface area contributed by atoms with Crippen molar-refractivity contribution in [2.24, 2.45) is 5.73 Å². The Bertz CT molecular complexity index is 375. The summed E-state index contributed by atoms with van der Waals surface area (Å²) in [6.45, 7) is 2.21. The first-order chi connectivity index (χ1) is 7.69. The van der Waals surface area contributed by atoms with Gasteiger partial charge in [-0.05, 0) is 42.5 Å². The van der Waals surface area contributed by atoms with E-state index in [2.05, 4.69) is 19.1 Å². The number of benzene rings is 1. The van der Waals surface area contributed by atoms with E-state index in [1.807, 2.05) is 6.07 Å². The fourth-order valence-electron chi connectivity index (χ4n) is 2.61. The monoisotopic (exact) mass is 219 g/mol. The summed E-state index contributed by atoms with van der Waals surface area (Å²) in [4.78, 5) is 0. The summed E-state index contributed by atoms with van der Waals surface area (Å²) in [6, 6.07) is 6.32. The van der Waals surface area contributed by atoms with Gasteiger partial charge in [0.2, 0.25) is 0 Å². The minimum Gasteiger partial charge on any atom is -0.497 e. The van der Waals surface area contributed by atoms with E-state index in [9.17, 15) is 0 Å². The second-order valence-corrected chi connectivity index (χ2v) is 4.78. The molecular formula is C14H21NO. The van der Waals surface area contributed by atoms with Crippen molar-refractivity contribution in [3.63, 3.8) is 0 Å². The number of hydrogen-bond donors (Lipinski definition) is 1. The molecule has 1 aromatic rings. The molecule has 0 heterocycles. The van der Waals surface area contributed by atoms with Crippen molar-refractivity contribution >= 4 is 0 Å². The number of nitrogens with two attached hydrogens (primary N) is 1. The first kappa shape index (κ1) is 11.5. The lowest BCUT2D eigenvalue weighted by atomic mass is 9.87. The maximum absolute atomic E-state index is 6.52. The van der Waals surface area contributed by atoms with E-state index < -0.39 is 0 Å². The van der Waals surface area contributed by atoms with Crippen LogP contribution in [0.5, 0.6) is 5.75 Å². The smallest absolute Gasteiger partial charge is 0.119 e. The molecule has 2 heteroatoms. The van der Waals surface area contributed by atoms with Gasteiger partial charge in [0.05, 0.1) is 7.11 Å². The summed E-state index contributed by atoms with van der Waals surface area (Å²) in [6.07, 6.45) is 5.68. The molecule has 0 saturated carbocycles. The zero-order valence-electron chi connectivity index (χ0n) is 10.3. The molecule has 2 nitrogen and oxygen atoms in total. The summed E-state index contributed by atoms with van der Waals surface area (Å²) >= 11 is 0. The average Bonchev–Trinajstić information content (AvgIpc) is 2.65. The van der Waals surface area contributed by atoms with Crippen LogP contribution >= 0.6 is 0 Å². The first-order valence-electron chi connectivity index (χ1n) is 6.16. The molecule has 1 aromatic carbocycles. The molecule has 0 radical (unpaired) electrons. The molecule has 0 fully saturated rings. The van der Waals surface area contributed by atoms with Gasteiger partial charge in [-0.15, -0.1) is 0 Å². The van der Waals surface area contributed by atoms with Gasteiger partial charge in [-0.25, -0.2) is 0 Å². The average molecular weight is 219 g/mol. The van der Waals surface area contributed by atoms with Crippen molar-refractivity contribution in [1.82, 2.24) is 0 Å². The summed E-state index contributed by atoms with van der Waals surface area (Å²) in [5.41, 5.74) is 9.12. The zero-order chi connectivity index (χ0) is 11.6. The van der Waals surface area contributed by atoms with Crippen LogP contribution in [0.3, 0.4) is 0 Å². The normalized spacial score (nSPS) is 23.2. The van der Waals surface area contributed by atoms with Crippen LogP contribution in [-0.4, -0.2) is 7.11 Å². The molecule has 0 aliphatic heterocycles. The summed E-state index contributed by atoms with van der Waals surface area (Å²) in [5, 5.41) is 0. The number of unbranched alkanes of at least 4 members (excludes halogenated alkanes) is 1. The van der Waals surface area contributed by atoms with E-state index >= 15 is 0 Å². The van der Waals surface area contributed by atoms with E-state index in [0.717, 1.165) is 25.0 Å². The zero-order valence-corrected chi connectivity index (χ0v) is 10.3. The highest BCUT2D eigenvalue weighted by molar-refractivity contribution is 5.43. The van der Waals surface area contributed by atoms with Crippen LogP contribution in [0.4, 0.5) is 0 Å². The van der Waals surface area contributed by atoms with Gasteiger partial charge in [0.25, 0.3) is 0 Å². The van der Waals surface area contributed by atoms with Crippen LogP contribution < -0.4 is 10.5 Å². The fourth-order valence-corrected chi connectivity index (χ4v) is 2.61. The standard InChI is InChI=1S/C14H21NO/c1-3-4-8-14(15)9-7-11-5-6-12(16-2)10-13(11)14/h5-6,10H,3-4,7-9,15H2,1-2H3. The highest BCUT2D eigenvalue weighted by Crippen LogP contribution is 2.40. The molecule has 2 rings (SSSR count). The maximum atomic E-state index is 6.52. The topological polar surface area (TPSA) is 35.2 Å². The molecule has 0 amide bonds. The Kier molecular flexibility index (Phi) is 3.20. The Morgan fingerprint density at radius 1 is 1.44 bits per heavy atom. The number of fused-ring (bicyclic) bond motifs is 1. The molecular weight excluding hydrogens is 198 g/mol. The molecule has 1 aliphatic rings. The highest BCUT2D eigenvalue weighted by Gasteiger charge is 2.34. The van der Waals surface area contributed by atoms with E-state index in [4.69, 9.17) is 10.5 Å². The third-order valence-corrected chi connectivity index (χ3v) is 3.67. The maximum Gasteiger partial charge on any atom is 0.119 e. The molecule has 1 atom stereocenters. The van der Waals surface area contributed by atoms with Crippen molar-refractivity contribution in [3.8, 4) is 5.75 Å². The largest absolute Gasteiger partial charge is 0.497 e. The summed E-state index contributed by atoms with van der Waals surface area (Å²) in [5.74, 6) is 0.923. The third-order valence-electron chi connectivity index (χ3n) is 3.67. The second-order valence-electron chi connectivity index (χ2n) is 4.78. The van der Waals surface area contributed by atoms with Gasteiger partial charge >= 0.3 is 0 Å². The van der Waals surface area contributed by atoms with Crippen LogP contribution in [0.15, 0.2) is 18.2 Å². The van der Waals surface area contributed by atoms with Gasteiger partial charge in [-0.1, -0.05) is 25.8 Å². The molecule has 1 aliphatic carbocycles. The number of hydrogen-bond acceptors (Lipinski definition) is 2. The Balaban J connectivity index is 2.29. The predicted molar refractivity (Wildman–Crippen MR) is 66.7 cm³/mol. The minimum atomic E-state index is -0.111. The van der Waals surface area contributed by atoms with Crippen LogP contribution in [-0.2, 0) is 12.0 Å². The summed E-state index contributed by atoms with van der Waals surface area (Å²) < 4.78 is 5.28. The Labute approximate surface area is 97.8 Å². The second kappa shape index (κ2) is 4.46. The molecule has 0 bridgehead atoms. The van der Waals surface area contributed by atoms with E-state index in [1.54, 1.807) is 7.11 Å². The van der Waals surface area contributed by atoms with Gasteiger partial charge in [-0.2, -0.15) is 0 Å². The summed E-state index contributed by atoms with van der Waals surface area (Å²) in [7, 11) is 1.71. The SMILES string of the molecule is CCCCC1(N)CCc2ccc(OC)cc21. The fraction of sp³-hybridized carbons (Fsp3) is 0.571. The Hall–Kier alpha value is -1.02. The van der Waals surface area contributed by atoms with E-state index in [0.29, 0.717) is 0 Å². The van der Waals surface area contributed by atoms with Gasteiger partial charge in [0.15, 0.2) is 0 Å². The first-order valence-corrected chi connectivity index (χ1v) is 6.16. The number of rotatable bonds is 4. The molecule has 1 unspecified atom stereocenters. The predicted octanol–water partition coefficient (Wildman–Crippen LogP) is 2.99. The van der Waals surface area contributed by atoms with Crippen molar-refractivity contribution < 1.29 is 4.74 Å². The van der Waals surface area contributed by atoms with Crippen LogP contribution in [0.2, 0.25) is 0 Å². The van der Waals surface area contributed by atoms with Crippen molar-refractivity contribution in [2.75, 3.05) is 7.11 Å². The quantitative estimate of drug-likeness (QED) is 0.845. The molecule has 2 N–H and O–H groups in total. The van der Waals surface area contributed by atoms with Crippen molar-refractivity contribution in [2.45, 2.75) is 44.6 Å². The number of methoxy groups -OCH3 is 1. The molecule has 16 heavy (non-hydrogen) atoms. The lowest BCUT2D eigenvalue weighted by Gasteiger charge is -2.25. The molecule has 0 aromatic heterocycles. The molecule has 0 saturated heterocycles. The van der Waals surface area contributed by atoms with Crippen molar-refractivity contribution in [1.29, 1.82) is 0 Å². The van der Waals surface area contributed by atoms with E-state index in [1.165, 1.54) is 24.0 Å². The minimum absolute atomic E-state index is 0.111.